The van der Waals surface area contributed by atoms with E-state index in [2.05, 4.69) is 9.97 Å². The summed E-state index contributed by atoms with van der Waals surface area (Å²) in [7, 11) is 0. The quantitative estimate of drug-likeness (QED) is 0.556. The minimum Gasteiger partial charge on any atom is -0.507 e. The summed E-state index contributed by atoms with van der Waals surface area (Å²) in [5.41, 5.74) is 2.32. The molecule has 5 heteroatoms. The maximum Gasteiger partial charge on any atom is 0.352 e. The summed E-state index contributed by atoms with van der Waals surface area (Å²) in [5.74, 6) is -0.847. The van der Waals surface area contributed by atoms with Gasteiger partial charge in [0.1, 0.15) is 11.4 Å². The van der Waals surface area contributed by atoms with Crippen LogP contribution < -0.4 is 0 Å². The van der Waals surface area contributed by atoms with Gasteiger partial charge in [-0.05, 0) is 24.3 Å². The zero-order valence-electron chi connectivity index (χ0n) is 9.27. The van der Waals surface area contributed by atoms with Gasteiger partial charge in [0.25, 0.3) is 0 Å². The number of carboxylic acid groups (broad SMARTS) is 1. The van der Waals surface area contributed by atoms with Crippen molar-refractivity contribution < 1.29 is 15.0 Å². The van der Waals surface area contributed by atoms with Gasteiger partial charge in [0.05, 0.1) is 5.39 Å². The largest absolute Gasteiger partial charge is 0.507 e. The molecule has 90 valence electrons. The van der Waals surface area contributed by atoms with Gasteiger partial charge in [-0.25, -0.2) is 4.79 Å². The van der Waals surface area contributed by atoms with Crippen LogP contribution in [0.2, 0.25) is 0 Å². The minimum absolute atomic E-state index is 0.120. The van der Waals surface area contributed by atoms with E-state index in [4.69, 9.17) is 5.11 Å². The molecule has 0 aliphatic rings. The maximum atomic E-state index is 10.8. The van der Waals surface area contributed by atoms with Gasteiger partial charge in [0.2, 0.25) is 0 Å². The van der Waals surface area contributed by atoms with Crippen molar-refractivity contribution >= 4 is 16.9 Å². The lowest BCUT2D eigenvalue weighted by Gasteiger charge is -1.98. The molecule has 18 heavy (non-hydrogen) atoms. The van der Waals surface area contributed by atoms with E-state index in [-0.39, 0.29) is 11.4 Å². The Labute approximate surface area is 102 Å². The topological polar surface area (TPSA) is 89.1 Å². The number of benzene rings is 1. The average molecular weight is 242 g/mol. The molecule has 0 radical (unpaired) electrons. The lowest BCUT2D eigenvalue weighted by molar-refractivity contribution is 0.0691. The summed E-state index contributed by atoms with van der Waals surface area (Å²) in [6, 6.07) is 8.37. The van der Waals surface area contributed by atoms with Crippen LogP contribution >= 0.6 is 0 Å². The molecular weight excluding hydrogens is 232 g/mol. The first kappa shape index (κ1) is 10.5. The predicted molar refractivity (Wildman–Crippen MR) is 66.7 cm³/mol. The highest BCUT2D eigenvalue weighted by Crippen LogP contribution is 2.33. The molecule has 0 aliphatic heterocycles. The summed E-state index contributed by atoms with van der Waals surface area (Å²) in [6.45, 7) is 0. The summed E-state index contributed by atoms with van der Waals surface area (Å²) >= 11 is 0. The fraction of sp³-hybridized carbons (Fsp3) is 0. The predicted octanol–water partition coefficient (Wildman–Crippen LogP) is 2.57. The Morgan fingerprint density at radius 2 is 2.00 bits per heavy atom. The molecule has 0 amide bonds. The number of hydrogen-bond acceptors (Lipinski definition) is 2. The van der Waals surface area contributed by atoms with Gasteiger partial charge in [0.15, 0.2) is 0 Å². The Morgan fingerprint density at radius 3 is 2.72 bits per heavy atom. The van der Waals surface area contributed by atoms with Crippen LogP contribution in [-0.4, -0.2) is 26.2 Å². The minimum atomic E-state index is -1.01. The van der Waals surface area contributed by atoms with Gasteiger partial charge in [-0.2, -0.15) is 0 Å². The Balaban J connectivity index is 2.22. The number of aromatic amines is 2. The molecule has 2 heterocycles. The average Bonchev–Trinajstić information content (AvgIpc) is 2.94. The van der Waals surface area contributed by atoms with E-state index in [1.165, 1.54) is 6.07 Å². The third-order valence-electron chi connectivity index (χ3n) is 2.89. The van der Waals surface area contributed by atoms with Gasteiger partial charge in [-0.3, -0.25) is 0 Å². The van der Waals surface area contributed by atoms with E-state index in [0.29, 0.717) is 11.1 Å². The lowest BCUT2D eigenvalue weighted by atomic mass is 10.1. The number of fused-ring (bicyclic) bond motifs is 1. The lowest BCUT2D eigenvalue weighted by Crippen LogP contribution is -1.95. The first-order chi connectivity index (χ1) is 8.66. The summed E-state index contributed by atoms with van der Waals surface area (Å²) in [6.07, 6.45) is 1.74. The van der Waals surface area contributed by atoms with Crippen LogP contribution in [0.5, 0.6) is 5.75 Å². The highest BCUT2D eigenvalue weighted by molar-refractivity contribution is 5.99. The van der Waals surface area contributed by atoms with Gasteiger partial charge < -0.3 is 20.2 Å². The van der Waals surface area contributed by atoms with E-state index >= 15 is 0 Å². The molecule has 0 fully saturated rings. The molecule has 0 saturated heterocycles. The van der Waals surface area contributed by atoms with Crippen molar-refractivity contribution in [1.29, 1.82) is 0 Å². The normalized spacial score (nSPS) is 10.9. The van der Waals surface area contributed by atoms with E-state index in [1.54, 1.807) is 24.4 Å². The molecular formula is C13H10N2O3. The molecule has 1 aromatic carbocycles. The van der Waals surface area contributed by atoms with Crippen LogP contribution in [0.3, 0.4) is 0 Å². The van der Waals surface area contributed by atoms with E-state index in [1.807, 2.05) is 6.07 Å². The number of aromatic hydroxyl groups is 1. The SMILES string of the molecule is O=C(O)c1ccc(-c2c[nH]c3cccc(O)c23)[nH]1. The number of carboxylic acids is 1. The zero-order chi connectivity index (χ0) is 12.7. The molecule has 5 nitrogen and oxygen atoms in total. The van der Waals surface area contributed by atoms with Crippen LogP contribution in [-0.2, 0) is 0 Å². The van der Waals surface area contributed by atoms with Crippen molar-refractivity contribution in [1.82, 2.24) is 9.97 Å². The molecule has 4 N–H and O–H groups in total. The number of phenolic OH excluding ortho intramolecular Hbond substituents is 1. The summed E-state index contributed by atoms with van der Waals surface area (Å²) < 4.78 is 0. The Hall–Kier alpha value is -2.69. The van der Waals surface area contributed by atoms with Crippen molar-refractivity contribution in [2.45, 2.75) is 0 Å². The van der Waals surface area contributed by atoms with Crippen molar-refractivity contribution in [2.24, 2.45) is 0 Å². The molecule has 0 atom stereocenters. The highest BCUT2D eigenvalue weighted by Gasteiger charge is 2.13. The van der Waals surface area contributed by atoms with Crippen LogP contribution in [0.25, 0.3) is 22.2 Å². The molecule has 0 aliphatic carbocycles. The standard InChI is InChI=1S/C13H10N2O3/c16-11-3-1-2-9-12(11)7(6-14-9)8-4-5-10(15-8)13(17)18/h1-6,14-16H,(H,17,18). The molecule has 0 unspecified atom stereocenters. The Bertz CT molecular complexity index is 740. The second-order valence-electron chi connectivity index (χ2n) is 3.99. The molecule has 0 bridgehead atoms. The molecule has 2 aromatic heterocycles. The first-order valence-electron chi connectivity index (χ1n) is 5.38. The van der Waals surface area contributed by atoms with Crippen molar-refractivity contribution in [3.63, 3.8) is 0 Å². The van der Waals surface area contributed by atoms with Gasteiger partial charge >= 0.3 is 5.97 Å². The van der Waals surface area contributed by atoms with Crippen molar-refractivity contribution in [3.8, 4) is 17.0 Å². The fourth-order valence-corrected chi connectivity index (χ4v) is 2.05. The van der Waals surface area contributed by atoms with E-state index < -0.39 is 5.97 Å². The Kier molecular flexibility index (Phi) is 2.13. The summed E-state index contributed by atoms with van der Waals surface area (Å²) in [4.78, 5) is 16.7. The number of aromatic carboxylic acids is 1. The van der Waals surface area contributed by atoms with E-state index in [0.717, 1.165) is 11.1 Å². The monoisotopic (exact) mass is 242 g/mol. The number of H-pyrrole nitrogens is 2. The number of rotatable bonds is 2. The van der Waals surface area contributed by atoms with Gasteiger partial charge in [-0.15, -0.1) is 0 Å². The molecule has 3 rings (SSSR count). The van der Waals surface area contributed by atoms with Crippen LogP contribution in [0.1, 0.15) is 10.5 Å². The van der Waals surface area contributed by atoms with Gasteiger partial charge in [0, 0.05) is 23.0 Å². The highest BCUT2D eigenvalue weighted by atomic mass is 16.4. The molecule has 0 saturated carbocycles. The molecule has 3 aromatic rings. The number of hydrogen-bond donors (Lipinski definition) is 4. The van der Waals surface area contributed by atoms with Gasteiger partial charge in [-0.1, -0.05) is 6.07 Å². The number of phenols is 1. The van der Waals surface area contributed by atoms with Crippen LogP contribution in [0, 0.1) is 0 Å². The van der Waals surface area contributed by atoms with Crippen LogP contribution in [0.4, 0.5) is 0 Å². The second kappa shape index (κ2) is 3.66. The first-order valence-corrected chi connectivity index (χ1v) is 5.38. The van der Waals surface area contributed by atoms with Crippen LogP contribution in [0.15, 0.2) is 36.5 Å². The number of aromatic nitrogens is 2. The Morgan fingerprint density at radius 1 is 1.17 bits per heavy atom. The van der Waals surface area contributed by atoms with Crippen molar-refractivity contribution in [2.75, 3.05) is 0 Å². The molecule has 0 spiro atoms. The third kappa shape index (κ3) is 1.45. The number of nitrogens with one attached hydrogen (secondary N) is 2. The van der Waals surface area contributed by atoms with Crippen molar-refractivity contribution in [3.05, 3.63) is 42.2 Å². The fourth-order valence-electron chi connectivity index (χ4n) is 2.05. The summed E-state index contributed by atoms with van der Waals surface area (Å²) in [5, 5.41) is 19.4. The smallest absolute Gasteiger partial charge is 0.352 e. The number of carbonyl (C=O) groups is 1. The second-order valence-corrected chi connectivity index (χ2v) is 3.99. The zero-order valence-corrected chi connectivity index (χ0v) is 9.27. The maximum absolute atomic E-state index is 10.8. The third-order valence-corrected chi connectivity index (χ3v) is 2.89. The van der Waals surface area contributed by atoms with E-state index in [9.17, 15) is 9.90 Å².